The van der Waals surface area contributed by atoms with E-state index in [0.29, 0.717) is 0 Å². The number of hydrogen-bond donors (Lipinski definition) is 1. The molecule has 1 aromatic rings. The Bertz CT molecular complexity index is 350. The average Bonchev–Trinajstić information content (AvgIpc) is 1.97. The Morgan fingerprint density at radius 3 is 2.42 bits per heavy atom. The van der Waals surface area contributed by atoms with Crippen LogP contribution in [0.25, 0.3) is 0 Å². The molecule has 0 bridgehead atoms. The van der Waals surface area contributed by atoms with Crippen LogP contribution in [-0.2, 0) is 0 Å². The van der Waals surface area contributed by atoms with E-state index in [1.54, 1.807) is 0 Å². The minimum Gasteiger partial charge on any atom is -0.327 e. The summed E-state index contributed by atoms with van der Waals surface area (Å²) in [7, 11) is 0. The van der Waals surface area contributed by atoms with Gasteiger partial charge in [0.05, 0.1) is 10.0 Å². The van der Waals surface area contributed by atoms with Crippen LogP contribution in [-0.4, -0.2) is 4.98 Å². The van der Waals surface area contributed by atoms with Crippen LogP contribution in [0.1, 0.15) is 12.0 Å². The Morgan fingerprint density at radius 2 is 2.00 bits per heavy atom. The summed E-state index contributed by atoms with van der Waals surface area (Å²) in [4.78, 5) is 13.1. The molecule has 0 aliphatic rings. The van der Waals surface area contributed by atoms with E-state index in [1.807, 2.05) is 0 Å². The smallest absolute Gasteiger partial charge is 0.266 e. The second kappa shape index (κ2) is 3.66. The van der Waals surface area contributed by atoms with Crippen LogP contribution in [0.15, 0.2) is 19.9 Å². The molecule has 0 unspecified atom stereocenters. The van der Waals surface area contributed by atoms with Crippen LogP contribution >= 0.6 is 31.9 Å². The third kappa shape index (κ3) is 1.74. The maximum atomic E-state index is 12.3. The van der Waals surface area contributed by atoms with Gasteiger partial charge >= 0.3 is 0 Å². The first-order chi connectivity index (χ1) is 5.54. The van der Waals surface area contributed by atoms with Crippen LogP contribution in [0.2, 0.25) is 0 Å². The van der Waals surface area contributed by atoms with Crippen LogP contribution in [0, 0.1) is 0 Å². The van der Waals surface area contributed by atoms with E-state index in [4.69, 9.17) is 0 Å². The summed E-state index contributed by atoms with van der Waals surface area (Å²) in [5.74, 6) is 0. The van der Waals surface area contributed by atoms with E-state index in [-0.39, 0.29) is 14.5 Å². The number of nitrogens with one attached hydrogen (secondary N) is 1. The summed E-state index contributed by atoms with van der Waals surface area (Å²) in [6.45, 7) is 0. The lowest BCUT2D eigenvalue weighted by Gasteiger charge is -2.03. The Labute approximate surface area is 83.2 Å². The minimum atomic E-state index is -2.67. The number of rotatable bonds is 1. The fourth-order valence-corrected chi connectivity index (χ4v) is 1.95. The number of aromatic amines is 1. The highest BCUT2D eigenvalue weighted by molar-refractivity contribution is 9.11. The first-order valence-corrected chi connectivity index (χ1v) is 4.47. The highest BCUT2D eigenvalue weighted by Crippen LogP contribution is 2.30. The van der Waals surface area contributed by atoms with Crippen LogP contribution in [0.4, 0.5) is 8.78 Å². The van der Waals surface area contributed by atoms with Gasteiger partial charge < -0.3 is 4.98 Å². The number of hydrogen-bond acceptors (Lipinski definition) is 1. The van der Waals surface area contributed by atoms with E-state index >= 15 is 0 Å². The lowest BCUT2D eigenvalue weighted by atomic mass is 10.3. The normalized spacial score (nSPS) is 10.8. The summed E-state index contributed by atoms with van der Waals surface area (Å²) in [5.41, 5.74) is -0.882. The van der Waals surface area contributed by atoms with Gasteiger partial charge in [0.2, 0.25) is 0 Å². The van der Waals surface area contributed by atoms with Crippen molar-refractivity contribution >= 4 is 31.9 Å². The van der Waals surface area contributed by atoms with E-state index < -0.39 is 12.0 Å². The van der Waals surface area contributed by atoms with Crippen molar-refractivity contribution in [2.45, 2.75) is 6.43 Å². The third-order valence-corrected chi connectivity index (χ3v) is 2.68. The minimum absolute atomic E-state index is 0.133. The monoisotopic (exact) mass is 301 g/mol. The molecule has 0 saturated carbocycles. The SMILES string of the molecule is O=c1[nH]cc(Br)c(C(F)F)c1Br. The Morgan fingerprint density at radius 1 is 1.42 bits per heavy atom. The number of halogens is 4. The molecule has 0 aliphatic heterocycles. The molecular formula is C6H3Br2F2NO. The molecule has 12 heavy (non-hydrogen) atoms. The van der Waals surface area contributed by atoms with E-state index in [1.165, 1.54) is 6.20 Å². The van der Waals surface area contributed by atoms with Crippen LogP contribution in [0.5, 0.6) is 0 Å². The summed E-state index contributed by atoms with van der Waals surface area (Å²) < 4.78 is 24.6. The van der Waals surface area contributed by atoms with Crippen molar-refractivity contribution in [3.05, 3.63) is 31.1 Å². The molecule has 0 fully saturated rings. The number of alkyl halides is 2. The fraction of sp³-hybridized carbons (Fsp3) is 0.167. The average molecular weight is 303 g/mol. The van der Waals surface area contributed by atoms with E-state index in [9.17, 15) is 13.6 Å². The number of H-pyrrole nitrogens is 1. The fourth-order valence-electron chi connectivity index (χ4n) is 0.697. The van der Waals surface area contributed by atoms with Gasteiger partial charge in [0.1, 0.15) is 0 Å². The molecule has 2 nitrogen and oxygen atoms in total. The van der Waals surface area contributed by atoms with Gasteiger partial charge in [0, 0.05) is 10.7 Å². The molecule has 6 heteroatoms. The lowest BCUT2D eigenvalue weighted by molar-refractivity contribution is 0.149. The quantitative estimate of drug-likeness (QED) is 0.850. The maximum Gasteiger partial charge on any atom is 0.266 e. The molecular weight excluding hydrogens is 300 g/mol. The zero-order chi connectivity index (χ0) is 9.30. The largest absolute Gasteiger partial charge is 0.327 e. The van der Waals surface area contributed by atoms with Gasteiger partial charge in [-0.25, -0.2) is 8.78 Å². The van der Waals surface area contributed by atoms with Crippen LogP contribution in [0.3, 0.4) is 0 Å². The Kier molecular flexibility index (Phi) is 3.00. The van der Waals surface area contributed by atoms with Gasteiger partial charge in [-0.15, -0.1) is 0 Å². The van der Waals surface area contributed by atoms with Gasteiger partial charge in [-0.3, -0.25) is 4.79 Å². The molecule has 66 valence electrons. The predicted molar refractivity (Wildman–Crippen MR) is 47.4 cm³/mol. The molecule has 1 N–H and O–H groups in total. The molecule has 0 aliphatic carbocycles. The standard InChI is InChI=1S/C6H3Br2F2NO/c7-2-1-11-6(12)4(8)3(2)5(9)10/h1,5H,(H,11,12). The molecule has 0 spiro atoms. The Hall–Kier alpha value is -0.230. The highest BCUT2D eigenvalue weighted by Gasteiger charge is 2.17. The zero-order valence-corrected chi connectivity index (χ0v) is 8.75. The molecule has 1 aromatic heterocycles. The summed E-state index contributed by atoms with van der Waals surface area (Å²) in [6.07, 6.45) is -1.48. The van der Waals surface area contributed by atoms with Crippen molar-refractivity contribution in [1.82, 2.24) is 4.98 Å². The summed E-state index contributed by atoms with van der Waals surface area (Å²) in [5, 5.41) is 0. The molecule has 0 radical (unpaired) electrons. The first-order valence-electron chi connectivity index (χ1n) is 2.88. The van der Waals surface area contributed by atoms with Gasteiger partial charge in [-0.1, -0.05) is 0 Å². The third-order valence-electron chi connectivity index (χ3n) is 1.24. The van der Waals surface area contributed by atoms with Crippen LogP contribution < -0.4 is 5.56 Å². The van der Waals surface area contributed by atoms with E-state index in [2.05, 4.69) is 36.8 Å². The first kappa shape index (κ1) is 9.85. The molecule has 1 rings (SSSR count). The zero-order valence-electron chi connectivity index (χ0n) is 5.57. The lowest BCUT2D eigenvalue weighted by Crippen LogP contribution is -2.09. The van der Waals surface area contributed by atoms with Crippen molar-refractivity contribution in [3.63, 3.8) is 0 Å². The van der Waals surface area contributed by atoms with E-state index in [0.717, 1.165) is 0 Å². The highest BCUT2D eigenvalue weighted by atomic mass is 79.9. The molecule has 0 saturated heterocycles. The second-order valence-corrected chi connectivity index (χ2v) is 3.64. The molecule has 0 amide bonds. The van der Waals surface area contributed by atoms with Crippen molar-refractivity contribution in [2.75, 3.05) is 0 Å². The topological polar surface area (TPSA) is 32.9 Å². The number of aromatic nitrogens is 1. The van der Waals surface area contributed by atoms with Crippen molar-refractivity contribution in [2.24, 2.45) is 0 Å². The summed E-state index contributed by atoms with van der Waals surface area (Å²) in [6, 6.07) is 0. The van der Waals surface area contributed by atoms with Gasteiger partial charge in [-0.2, -0.15) is 0 Å². The second-order valence-electron chi connectivity index (χ2n) is 1.99. The van der Waals surface area contributed by atoms with Crippen molar-refractivity contribution in [3.8, 4) is 0 Å². The molecule has 0 atom stereocenters. The maximum absolute atomic E-state index is 12.3. The van der Waals surface area contributed by atoms with Crippen molar-refractivity contribution < 1.29 is 8.78 Å². The molecule has 1 heterocycles. The predicted octanol–water partition coefficient (Wildman–Crippen LogP) is 2.84. The van der Waals surface area contributed by atoms with Crippen molar-refractivity contribution in [1.29, 1.82) is 0 Å². The van der Waals surface area contributed by atoms with Gasteiger partial charge in [-0.05, 0) is 31.9 Å². The Balaban J connectivity index is 3.43. The number of pyridine rings is 1. The summed E-state index contributed by atoms with van der Waals surface area (Å²) >= 11 is 5.68. The van der Waals surface area contributed by atoms with Gasteiger partial charge in [0.15, 0.2) is 0 Å². The molecule has 0 aromatic carbocycles. The van der Waals surface area contributed by atoms with Gasteiger partial charge in [0.25, 0.3) is 12.0 Å².